The highest BCUT2D eigenvalue weighted by Crippen LogP contribution is 2.35. The van der Waals surface area contributed by atoms with Gasteiger partial charge in [0.05, 0.1) is 22.3 Å². The highest BCUT2D eigenvalue weighted by atomic mass is 79.9. The van der Waals surface area contributed by atoms with Crippen LogP contribution >= 0.6 is 31.9 Å². The average Bonchev–Trinajstić information content (AvgIpc) is 3.06. The smallest absolute Gasteiger partial charge is 0.147 e. The molecule has 0 aromatic heterocycles. The summed E-state index contributed by atoms with van der Waals surface area (Å²) in [6.07, 6.45) is 4.25. The number of halogens is 2. The van der Waals surface area contributed by atoms with Crippen molar-refractivity contribution < 1.29 is 4.74 Å². The largest absolute Gasteiger partial charge is 0.494 e. The number of methoxy groups -OCH3 is 1. The number of hydrogen-bond donors (Lipinski definition) is 1. The van der Waals surface area contributed by atoms with E-state index in [9.17, 15) is 0 Å². The Balaban J connectivity index is 2.16. The van der Waals surface area contributed by atoms with Gasteiger partial charge in [0.1, 0.15) is 5.75 Å². The Kier molecular flexibility index (Phi) is 3.86. The molecule has 0 unspecified atom stereocenters. The minimum absolute atomic E-state index is 0.576. The van der Waals surface area contributed by atoms with E-state index >= 15 is 0 Å². The normalized spacial score (nSPS) is 15.4. The van der Waals surface area contributed by atoms with E-state index in [1.54, 1.807) is 13.3 Å². The van der Waals surface area contributed by atoms with Gasteiger partial charge in [0.2, 0.25) is 0 Å². The molecule has 1 aromatic carbocycles. The van der Waals surface area contributed by atoms with Crippen LogP contribution in [0.2, 0.25) is 0 Å². The number of hydrogen-bond acceptors (Lipinski definition) is 3. The molecule has 0 radical (unpaired) electrons. The van der Waals surface area contributed by atoms with E-state index in [-0.39, 0.29) is 0 Å². The summed E-state index contributed by atoms with van der Waals surface area (Å²) in [5, 5.41) is 4.19. The molecule has 0 spiro atoms. The van der Waals surface area contributed by atoms with Gasteiger partial charge in [-0.3, -0.25) is 0 Å². The van der Waals surface area contributed by atoms with Gasteiger partial charge >= 0.3 is 0 Å². The lowest BCUT2D eigenvalue weighted by Crippen LogP contribution is -2.07. The molecule has 5 heteroatoms. The number of hydrazone groups is 1. The molecule has 1 aliphatic rings. The molecule has 3 nitrogen and oxygen atoms in total. The van der Waals surface area contributed by atoms with Crippen LogP contribution in [0.3, 0.4) is 0 Å². The van der Waals surface area contributed by atoms with Gasteiger partial charge in [-0.1, -0.05) is 6.07 Å². The van der Waals surface area contributed by atoms with Crippen LogP contribution < -0.4 is 10.2 Å². The Morgan fingerprint density at radius 1 is 1.44 bits per heavy atom. The summed E-state index contributed by atoms with van der Waals surface area (Å²) in [6.45, 7) is 0. The molecule has 0 amide bonds. The van der Waals surface area contributed by atoms with E-state index in [2.05, 4.69) is 42.4 Å². The number of benzene rings is 1. The van der Waals surface area contributed by atoms with Gasteiger partial charge in [0.25, 0.3) is 0 Å². The Labute approximate surface area is 112 Å². The van der Waals surface area contributed by atoms with Gasteiger partial charge < -0.3 is 10.2 Å². The van der Waals surface area contributed by atoms with Gasteiger partial charge in [-0.15, -0.1) is 0 Å². The van der Waals surface area contributed by atoms with E-state index < -0.39 is 0 Å². The fraction of sp³-hybridized carbons (Fsp3) is 0.364. The molecule has 1 saturated carbocycles. The third kappa shape index (κ3) is 2.77. The fourth-order valence-electron chi connectivity index (χ4n) is 1.26. The van der Waals surface area contributed by atoms with Gasteiger partial charge in [-0.25, -0.2) is 0 Å². The quantitative estimate of drug-likeness (QED) is 0.669. The van der Waals surface area contributed by atoms with Crippen LogP contribution in [0, 0.1) is 0 Å². The minimum atomic E-state index is 0.576. The third-order valence-corrected chi connectivity index (χ3v) is 3.76. The van der Waals surface area contributed by atoms with Gasteiger partial charge in [0.15, 0.2) is 0 Å². The molecular weight excluding hydrogens is 336 g/mol. The first-order valence-electron chi connectivity index (χ1n) is 5.03. The molecule has 1 aliphatic carbocycles. The maximum atomic E-state index is 5.28. The minimum Gasteiger partial charge on any atom is -0.494 e. The monoisotopic (exact) mass is 346 g/mol. The van der Waals surface area contributed by atoms with Crippen molar-refractivity contribution in [3.63, 3.8) is 0 Å². The molecule has 1 aromatic rings. The molecule has 0 saturated heterocycles. The highest BCUT2D eigenvalue weighted by molar-refractivity contribution is 9.11. The molecule has 0 bridgehead atoms. The zero-order chi connectivity index (χ0) is 11.5. The van der Waals surface area contributed by atoms with Crippen molar-refractivity contribution in [1.29, 1.82) is 0 Å². The summed E-state index contributed by atoms with van der Waals surface area (Å²) in [5.74, 6) is 0.787. The van der Waals surface area contributed by atoms with Crippen molar-refractivity contribution in [2.75, 3.05) is 7.11 Å². The lowest BCUT2D eigenvalue weighted by atomic mass is 10.2. The molecule has 0 atom stereocenters. The predicted octanol–water partition coefficient (Wildman–Crippen LogP) is 3.31. The Hall–Kier alpha value is -0.550. The van der Waals surface area contributed by atoms with E-state index in [1.807, 2.05) is 12.1 Å². The number of ether oxygens (including phenoxy) is 1. The van der Waals surface area contributed by atoms with E-state index in [0.717, 1.165) is 20.3 Å². The fourth-order valence-corrected chi connectivity index (χ4v) is 2.63. The maximum absolute atomic E-state index is 5.28. The SMILES string of the molecule is COc1c(Br)ccc(/C=N/NC2CC2)c1Br. The molecule has 0 aliphatic heterocycles. The summed E-state index contributed by atoms with van der Waals surface area (Å²) in [7, 11) is 1.65. The number of nitrogens with one attached hydrogen (secondary N) is 1. The van der Waals surface area contributed by atoms with Crippen molar-refractivity contribution in [1.82, 2.24) is 5.43 Å². The van der Waals surface area contributed by atoms with Crippen molar-refractivity contribution >= 4 is 38.1 Å². The molecule has 1 N–H and O–H groups in total. The molecule has 2 rings (SSSR count). The molecular formula is C11H12Br2N2O. The van der Waals surface area contributed by atoms with Crippen LogP contribution in [0.25, 0.3) is 0 Å². The van der Waals surface area contributed by atoms with Crippen LogP contribution in [0.4, 0.5) is 0 Å². The number of nitrogens with zero attached hydrogens (tertiary/aromatic N) is 1. The maximum Gasteiger partial charge on any atom is 0.147 e. The molecule has 86 valence electrons. The van der Waals surface area contributed by atoms with Crippen LogP contribution in [0.5, 0.6) is 5.75 Å². The zero-order valence-electron chi connectivity index (χ0n) is 8.84. The Bertz CT molecular complexity index is 417. The van der Waals surface area contributed by atoms with Crippen LogP contribution in [0.1, 0.15) is 18.4 Å². The second-order valence-corrected chi connectivity index (χ2v) is 5.29. The molecule has 1 fully saturated rings. The Morgan fingerprint density at radius 3 is 2.81 bits per heavy atom. The predicted molar refractivity (Wildman–Crippen MR) is 72.1 cm³/mol. The van der Waals surface area contributed by atoms with Crippen molar-refractivity contribution in [3.05, 3.63) is 26.6 Å². The summed E-state index contributed by atoms with van der Waals surface area (Å²) in [6, 6.07) is 4.50. The Morgan fingerprint density at radius 2 is 2.19 bits per heavy atom. The van der Waals surface area contributed by atoms with Gasteiger partial charge in [0, 0.05) is 11.6 Å². The first-order valence-corrected chi connectivity index (χ1v) is 6.61. The third-order valence-electron chi connectivity index (χ3n) is 2.32. The standard InChI is InChI=1S/C11H12Br2N2O/c1-16-11-9(12)5-2-7(10(11)13)6-14-15-8-3-4-8/h2,5-6,8,15H,3-4H2,1H3/b14-6+. The van der Waals surface area contributed by atoms with Crippen LogP contribution in [-0.2, 0) is 0 Å². The second kappa shape index (κ2) is 5.19. The van der Waals surface area contributed by atoms with Crippen LogP contribution in [0.15, 0.2) is 26.2 Å². The summed E-state index contributed by atoms with van der Waals surface area (Å²) >= 11 is 6.93. The van der Waals surface area contributed by atoms with Gasteiger partial charge in [-0.2, -0.15) is 5.10 Å². The molecule has 16 heavy (non-hydrogen) atoms. The summed E-state index contributed by atoms with van der Waals surface area (Å²) < 4.78 is 7.11. The second-order valence-electron chi connectivity index (χ2n) is 3.65. The summed E-state index contributed by atoms with van der Waals surface area (Å²) in [5.41, 5.74) is 4.07. The van der Waals surface area contributed by atoms with E-state index in [1.165, 1.54) is 12.8 Å². The van der Waals surface area contributed by atoms with Crippen molar-refractivity contribution in [2.24, 2.45) is 5.10 Å². The topological polar surface area (TPSA) is 33.6 Å². The lowest BCUT2D eigenvalue weighted by molar-refractivity contribution is 0.409. The van der Waals surface area contributed by atoms with E-state index in [0.29, 0.717) is 6.04 Å². The van der Waals surface area contributed by atoms with Crippen molar-refractivity contribution in [2.45, 2.75) is 18.9 Å². The summed E-state index contributed by atoms with van der Waals surface area (Å²) in [4.78, 5) is 0. The first-order chi connectivity index (χ1) is 7.72. The van der Waals surface area contributed by atoms with Crippen molar-refractivity contribution in [3.8, 4) is 5.75 Å². The zero-order valence-corrected chi connectivity index (χ0v) is 12.0. The number of rotatable bonds is 4. The lowest BCUT2D eigenvalue weighted by Gasteiger charge is -2.07. The van der Waals surface area contributed by atoms with E-state index in [4.69, 9.17) is 4.74 Å². The molecule has 0 heterocycles. The van der Waals surface area contributed by atoms with Crippen LogP contribution in [-0.4, -0.2) is 19.4 Å². The highest BCUT2D eigenvalue weighted by Gasteiger charge is 2.19. The average molecular weight is 348 g/mol. The van der Waals surface area contributed by atoms with Gasteiger partial charge in [-0.05, 0) is 50.8 Å². The first kappa shape index (κ1) is 11.9.